The van der Waals surface area contributed by atoms with Crippen LogP contribution in [0.2, 0.25) is 0 Å². The van der Waals surface area contributed by atoms with Gasteiger partial charge in [-0.1, -0.05) is 12.1 Å². The van der Waals surface area contributed by atoms with Gasteiger partial charge in [-0.15, -0.1) is 0 Å². The number of amides is 1. The van der Waals surface area contributed by atoms with Crippen molar-refractivity contribution in [1.29, 1.82) is 0 Å². The van der Waals surface area contributed by atoms with Crippen LogP contribution < -0.4 is 10.7 Å². The van der Waals surface area contributed by atoms with Gasteiger partial charge in [-0.3, -0.25) is 4.79 Å². The number of para-hydroxylation sites is 2. The Morgan fingerprint density at radius 3 is 3.00 bits per heavy atom. The molecule has 18 heavy (non-hydrogen) atoms. The van der Waals surface area contributed by atoms with Gasteiger partial charge in [-0.2, -0.15) is 10.1 Å². The van der Waals surface area contributed by atoms with Crippen LogP contribution in [0.15, 0.2) is 29.4 Å². The number of hydrogen-bond acceptors (Lipinski definition) is 4. The Bertz CT molecular complexity index is 597. The summed E-state index contributed by atoms with van der Waals surface area (Å²) in [7, 11) is 0. The van der Waals surface area contributed by atoms with Crippen molar-refractivity contribution in [2.75, 3.05) is 11.6 Å². The van der Waals surface area contributed by atoms with Crippen molar-refractivity contribution in [1.82, 2.24) is 9.97 Å². The molecule has 3 rings (SSSR count). The van der Waals surface area contributed by atoms with Crippen molar-refractivity contribution in [3.05, 3.63) is 24.3 Å². The highest BCUT2D eigenvalue weighted by Crippen LogP contribution is 2.21. The lowest BCUT2D eigenvalue weighted by Crippen LogP contribution is -2.20. The molecule has 0 unspecified atom stereocenters. The summed E-state index contributed by atoms with van der Waals surface area (Å²) in [6, 6.07) is 7.62. The lowest BCUT2D eigenvalue weighted by molar-refractivity contribution is -0.117. The Morgan fingerprint density at radius 2 is 2.22 bits per heavy atom. The van der Waals surface area contributed by atoms with Crippen LogP contribution in [0.3, 0.4) is 0 Å². The van der Waals surface area contributed by atoms with Crippen LogP contribution in [0.1, 0.15) is 12.8 Å². The Balaban J connectivity index is 1.96. The summed E-state index contributed by atoms with van der Waals surface area (Å²) >= 11 is 0. The number of carbonyl (C=O) groups excluding carboxylic acids is 1. The molecule has 6 nitrogen and oxygen atoms in total. The van der Waals surface area contributed by atoms with E-state index >= 15 is 0 Å². The number of carbonyl (C=O) groups is 1. The molecule has 0 saturated heterocycles. The number of hydrogen-bond donors (Lipinski definition) is 2. The Labute approximate surface area is 103 Å². The average Bonchev–Trinajstić information content (AvgIpc) is 2.92. The van der Waals surface area contributed by atoms with E-state index in [2.05, 4.69) is 15.1 Å². The molecule has 0 bridgehead atoms. The summed E-state index contributed by atoms with van der Waals surface area (Å²) in [6.07, 6.45) is 0.969. The largest absolute Gasteiger partial charge is 0.330 e. The molecule has 0 saturated carbocycles. The fraction of sp³-hybridized carbons (Fsp3) is 0.250. The van der Waals surface area contributed by atoms with Crippen molar-refractivity contribution in [2.24, 2.45) is 10.8 Å². The van der Waals surface area contributed by atoms with E-state index in [1.807, 2.05) is 24.3 Å². The predicted molar refractivity (Wildman–Crippen MR) is 69.3 cm³/mol. The lowest BCUT2D eigenvalue weighted by Gasteiger charge is -2.05. The molecule has 0 fully saturated rings. The van der Waals surface area contributed by atoms with Gasteiger partial charge in [-0.25, -0.2) is 4.98 Å². The summed E-state index contributed by atoms with van der Waals surface area (Å²) in [5.41, 5.74) is 7.99. The van der Waals surface area contributed by atoms with Crippen molar-refractivity contribution >= 4 is 28.6 Å². The van der Waals surface area contributed by atoms with Gasteiger partial charge in [0, 0.05) is 12.1 Å². The number of H-pyrrole nitrogens is 1. The summed E-state index contributed by atoms with van der Waals surface area (Å²) < 4.78 is 0. The lowest BCUT2D eigenvalue weighted by atomic mass is 10.2. The normalized spacial score (nSPS) is 15.5. The van der Waals surface area contributed by atoms with E-state index < -0.39 is 0 Å². The second kappa shape index (κ2) is 4.23. The molecule has 1 aromatic carbocycles. The van der Waals surface area contributed by atoms with Gasteiger partial charge in [0.2, 0.25) is 5.95 Å². The number of imidazole rings is 1. The van der Waals surface area contributed by atoms with Crippen LogP contribution in [0.4, 0.5) is 5.95 Å². The van der Waals surface area contributed by atoms with Crippen molar-refractivity contribution < 1.29 is 4.79 Å². The number of fused-ring (bicyclic) bond motifs is 1. The number of rotatable bonds is 3. The fourth-order valence-corrected chi connectivity index (χ4v) is 1.99. The molecular formula is C12H13N5O. The van der Waals surface area contributed by atoms with Crippen molar-refractivity contribution in [3.63, 3.8) is 0 Å². The number of hydrazone groups is 1. The molecule has 1 aliphatic rings. The first-order chi connectivity index (χ1) is 8.78. The molecule has 3 N–H and O–H groups in total. The summed E-state index contributed by atoms with van der Waals surface area (Å²) in [5.74, 6) is 0.394. The van der Waals surface area contributed by atoms with Gasteiger partial charge in [0.15, 0.2) is 0 Å². The van der Waals surface area contributed by atoms with Gasteiger partial charge >= 0.3 is 0 Å². The first-order valence-corrected chi connectivity index (χ1v) is 5.82. The molecule has 0 atom stereocenters. The maximum absolute atomic E-state index is 11.8. The third-order valence-corrected chi connectivity index (χ3v) is 2.84. The molecule has 2 aromatic rings. The number of anilines is 1. The van der Waals surface area contributed by atoms with Crippen molar-refractivity contribution in [3.8, 4) is 0 Å². The molecule has 0 radical (unpaired) electrons. The molecular weight excluding hydrogens is 230 g/mol. The number of nitrogens with one attached hydrogen (secondary N) is 1. The SMILES string of the molecule is NCCC1=NN(c2nc3ccccc3[nH]2)C(=O)C1. The maximum Gasteiger partial charge on any atom is 0.255 e. The number of aromatic nitrogens is 2. The van der Waals surface area contributed by atoms with E-state index in [9.17, 15) is 4.79 Å². The number of nitrogens with two attached hydrogens (primary N) is 1. The first kappa shape index (κ1) is 10.9. The van der Waals surface area contributed by atoms with Crippen LogP contribution in [0.5, 0.6) is 0 Å². The van der Waals surface area contributed by atoms with Crippen LogP contribution >= 0.6 is 0 Å². The van der Waals surface area contributed by atoms with Crippen LogP contribution in [0.25, 0.3) is 11.0 Å². The maximum atomic E-state index is 11.8. The van der Waals surface area contributed by atoms with Crippen LogP contribution in [-0.2, 0) is 4.79 Å². The highest BCUT2D eigenvalue weighted by Gasteiger charge is 2.26. The minimum absolute atomic E-state index is 0.0718. The highest BCUT2D eigenvalue weighted by molar-refractivity contribution is 6.12. The smallest absolute Gasteiger partial charge is 0.255 e. The molecule has 1 aromatic heterocycles. The van der Waals surface area contributed by atoms with Gasteiger partial charge < -0.3 is 10.7 Å². The molecule has 0 spiro atoms. The first-order valence-electron chi connectivity index (χ1n) is 5.82. The van der Waals surface area contributed by atoms with E-state index in [0.717, 1.165) is 16.7 Å². The molecule has 2 heterocycles. The van der Waals surface area contributed by atoms with E-state index in [1.54, 1.807) is 0 Å². The predicted octanol–water partition coefficient (Wildman–Crippen LogP) is 1.00. The highest BCUT2D eigenvalue weighted by atomic mass is 16.2. The number of aromatic amines is 1. The molecule has 1 amide bonds. The second-order valence-corrected chi connectivity index (χ2v) is 4.16. The zero-order chi connectivity index (χ0) is 12.5. The molecule has 0 aliphatic carbocycles. The third-order valence-electron chi connectivity index (χ3n) is 2.84. The minimum Gasteiger partial charge on any atom is -0.330 e. The summed E-state index contributed by atoms with van der Waals surface area (Å²) in [4.78, 5) is 19.3. The monoisotopic (exact) mass is 243 g/mol. The fourth-order valence-electron chi connectivity index (χ4n) is 1.99. The minimum atomic E-state index is -0.0718. The Kier molecular flexibility index (Phi) is 2.56. The van der Waals surface area contributed by atoms with E-state index in [-0.39, 0.29) is 5.91 Å². The zero-order valence-electron chi connectivity index (χ0n) is 9.76. The second-order valence-electron chi connectivity index (χ2n) is 4.16. The van der Waals surface area contributed by atoms with Crippen molar-refractivity contribution in [2.45, 2.75) is 12.8 Å². The van der Waals surface area contributed by atoms with Gasteiger partial charge in [0.25, 0.3) is 5.91 Å². The van der Waals surface area contributed by atoms with Gasteiger partial charge in [0.1, 0.15) is 0 Å². The average molecular weight is 243 g/mol. The number of benzene rings is 1. The Hall–Kier alpha value is -2.21. The molecule has 1 aliphatic heterocycles. The third kappa shape index (κ3) is 1.76. The van der Waals surface area contributed by atoms with E-state index in [1.165, 1.54) is 5.01 Å². The standard InChI is InChI=1S/C12H13N5O/c13-6-5-8-7-11(18)17(16-8)12-14-9-3-1-2-4-10(9)15-12/h1-4H,5-7,13H2,(H,14,15). The van der Waals surface area contributed by atoms with Gasteiger partial charge in [0.05, 0.1) is 17.5 Å². The molecule has 6 heteroatoms. The summed E-state index contributed by atoms with van der Waals surface area (Å²) in [5, 5.41) is 5.58. The van der Waals surface area contributed by atoms with E-state index in [0.29, 0.717) is 25.3 Å². The van der Waals surface area contributed by atoms with Crippen LogP contribution in [0, 0.1) is 0 Å². The molecule has 92 valence electrons. The summed E-state index contributed by atoms with van der Waals surface area (Å²) in [6.45, 7) is 0.500. The quantitative estimate of drug-likeness (QED) is 0.843. The zero-order valence-corrected chi connectivity index (χ0v) is 9.76. The van der Waals surface area contributed by atoms with E-state index in [4.69, 9.17) is 5.73 Å². The van der Waals surface area contributed by atoms with Crippen LogP contribution in [-0.4, -0.2) is 28.1 Å². The Morgan fingerprint density at radius 1 is 1.39 bits per heavy atom. The number of nitrogens with zero attached hydrogens (tertiary/aromatic N) is 3. The topological polar surface area (TPSA) is 87.4 Å². The van der Waals surface area contributed by atoms with Gasteiger partial charge in [-0.05, 0) is 18.7 Å².